The van der Waals surface area contributed by atoms with Crippen LogP contribution in [0.1, 0.15) is 20.3 Å². The molecule has 4 nitrogen and oxygen atoms in total. The summed E-state index contributed by atoms with van der Waals surface area (Å²) in [5.41, 5.74) is 5.77. The van der Waals surface area contributed by atoms with Gasteiger partial charge in [0.05, 0.1) is 25.4 Å². The minimum absolute atomic E-state index is 0.0301. The highest BCUT2D eigenvalue weighted by molar-refractivity contribution is 7.99. The molecule has 5 heteroatoms. The summed E-state index contributed by atoms with van der Waals surface area (Å²) in [6.07, 6.45) is 0.584. The van der Waals surface area contributed by atoms with Crippen molar-refractivity contribution in [3.05, 3.63) is 0 Å². The maximum absolute atomic E-state index is 9.62. The molecule has 0 radical (unpaired) electrons. The van der Waals surface area contributed by atoms with Gasteiger partial charge in [0.1, 0.15) is 0 Å². The van der Waals surface area contributed by atoms with Gasteiger partial charge in [0, 0.05) is 24.7 Å². The summed E-state index contributed by atoms with van der Waals surface area (Å²) in [6, 6.07) is 0.227. The molecule has 0 rings (SSSR count). The van der Waals surface area contributed by atoms with Gasteiger partial charge in [-0.05, 0) is 13.3 Å². The van der Waals surface area contributed by atoms with E-state index in [4.69, 9.17) is 15.2 Å². The lowest BCUT2D eigenvalue weighted by molar-refractivity contribution is -0.0257. The van der Waals surface area contributed by atoms with Gasteiger partial charge >= 0.3 is 0 Å². The van der Waals surface area contributed by atoms with Crippen LogP contribution in [0.25, 0.3) is 0 Å². The summed E-state index contributed by atoms with van der Waals surface area (Å²) in [7, 11) is 1.64. The van der Waals surface area contributed by atoms with Gasteiger partial charge in [-0.2, -0.15) is 11.8 Å². The highest BCUT2D eigenvalue weighted by Crippen LogP contribution is 2.07. The standard InChI is InChI=1S/C11H25NO3S/c1-4-10(12)7-16-8-11(13)6-15-9(2)5-14-3/h9-11,13H,4-8,12H2,1-3H3. The van der Waals surface area contributed by atoms with Gasteiger partial charge in [0.15, 0.2) is 0 Å². The maximum atomic E-state index is 9.62. The van der Waals surface area contributed by atoms with Gasteiger partial charge in [-0.15, -0.1) is 0 Å². The van der Waals surface area contributed by atoms with E-state index >= 15 is 0 Å². The average molecular weight is 251 g/mol. The molecular formula is C11H25NO3S. The van der Waals surface area contributed by atoms with Gasteiger partial charge in [-0.3, -0.25) is 0 Å². The Morgan fingerprint density at radius 1 is 1.31 bits per heavy atom. The number of nitrogens with two attached hydrogens (primary N) is 1. The van der Waals surface area contributed by atoms with Gasteiger partial charge in [-0.1, -0.05) is 6.92 Å². The molecule has 0 bridgehead atoms. The van der Waals surface area contributed by atoms with Crippen LogP contribution in [0.15, 0.2) is 0 Å². The van der Waals surface area contributed by atoms with Crippen molar-refractivity contribution < 1.29 is 14.6 Å². The molecule has 0 saturated heterocycles. The first-order valence-corrected chi connectivity index (χ1v) is 6.87. The number of rotatable bonds is 10. The van der Waals surface area contributed by atoms with Crippen molar-refractivity contribution in [2.24, 2.45) is 5.73 Å². The Morgan fingerprint density at radius 2 is 2.00 bits per heavy atom. The highest BCUT2D eigenvalue weighted by atomic mass is 32.2. The Bertz CT molecular complexity index is 160. The number of ether oxygens (including phenoxy) is 2. The molecule has 0 spiro atoms. The lowest BCUT2D eigenvalue weighted by atomic mass is 10.3. The Kier molecular flexibility index (Phi) is 10.5. The Hall–Kier alpha value is 0.190. The molecule has 0 fully saturated rings. The molecular weight excluding hydrogens is 226 g/mol. The lowest BCUT2D eigenvalue weighted by Gasteiger charge is -2.16. The van der Waals surface area contributed by atoms with Crippen molar-refractivity contribution in [3.8, 4) is 0 Å². The van der Waals surface area contributed by atoms with Crippen LogP contribution in [0.4, 0.5) is 0 Å². The van der Waals surface area contributed by atoms with E-state index in [2.05, 4.69) is 6.92 Å². The Balaban J connectivity index is 3.40. The third-order valence-corrected chi connectivity index (χ3v) is 3.43. The quantitative estimate of drug-likeness (QED) is 0.603. The van der Waals surface area contributed by atoms with E-state index in [1.54, 1.807) is 18.9 Å². The largest absolute Gasteiger partial charge is 0.390 e. The first kappa shape index (κ1) is 16.2. The normalized spacial score (nSPS) is 17.1. The van der Waals surface area contributed by atoms with Crippen LogP contribution in [-0.2, 0) is 9.47 Å². The molecule has 0 aliphatic rings. The minimum atomic E-state index is -0.423. The Morgan fingerprint density at radius 3 is 2.56 bits per heavy atom. The summed E-state index contributed by atoms with van der Waals surface area (Å²) >= 11 is 1.67. The summed E-state index contributed by atoms with van der Waals surface area (Å²) in [5, 5.41) is 9.62. The first-order valence-electron chi connectivity index (χ1n) is 5.72. The van der Waals surface area contributed by atoms with Crippen LogP contribution in [0.5, 0.6) is 0 Å². The third kappa shape index (κ3) is 9.42. The second kappa shape index (κ2) is 10.4. The maximum Gasteiger partial charge on any atom is 0.0863 e. The lowest BCUT2D eigenvalue weighted by Crippen LogP contribution is -2.26. The highest BCUT2D eigenvalue weighted by Gasteiger charge is 2.09. The van der Waals surface area contributed by atoms with E-state index in [1.807, 2.05) is 6.92 Å². The summed E-state index contributed by atoms with van der Waals surface area (Å²) in [6.45, 7) is 4.91. The van der Waals surface area contributed by atoms with Crippen molar-refractivity contribution in [2.45, 2.75) is 38.5 Å². The summed E-state index contributed by atoms with van der Waals surface area (Å²) in [4.78, 5) is 0. The van der Waals surface area contributed by atoms with Crippen molar-refractivity contribution in [1.29, 1.82) is 0 Å². The van der Waals surface area contributed by atoms with E-state index in [9.17, 15) is 5.11 Å². The van der Waals surface area contributed by atoms with Gasteiger partial charge in [0.25, 0.3) is 0 Å². The minimum Gasteiger partial charge on any atom is -0.390 e. The van der Waals surface area contributed by atoms with Crippen LogP contribution in [0.2, 0.25) is 0 Å². The third-order valence-electron chi connectivity index (χ3n) is 2.14. The second-order valence-corrected chi connectivity index (χ2v) is 5.03. The molecule has 98 valence electrons. The number of aliphatic hydroxyl groups is 1. The van der Waals surface area contributed by atoms with Crippen molar-refractivity contribution in [1.82, 2.24) is 0 Å². The van der Waals surface area contributed by atoms with E-state index < -0.39 is 6.10 Å². The zero-order valence-corrected chi connectivity index (χ0v) is 11.3. The molecule has 0 aromatic rings. The second-order valence-electron chi connectivity index (χ2n) is 3.96. The Labute approximate surface area is 103 Å². The molecule has 0 aromatic heterocycles. The van der Waals surface area contributed by atoms with E-state index in [0.717, 1.165) is 12.2 Å². The molecule has 0 amide bonds. The SMILES string of the molecule is CCC(N)CSCC(O)COC(C)COC. The number of aliphatic hydroxyl groups excluding tert-OH is 1. The summed E-state index contributed by atoms with van der Waals surface area (Å²) in [5.74, 6) is 1.56. The molecule has 0 heterocycles. The van der Waals surface area contributed by atoms with Gasteiger partial charge in [-0.25, -0.2) is 0 Å². The average Bonchev–Trinajstić information content (AvgIpc) is 2.26. The van der Waals surface area contributed by atoms with Crippen LogP contribution in [0.3, 0.4) is 0 Å². The van der Waals surface area contributed by atoms with Gasteiger partial charge < -0.3 is 20.3 Å². The monoisotopic (exact) mass is 251 g/mol. The van der Waals surface area contributed by atoms with Gasteiger partial charge in [0.2, 0.25) is 0 Å². The van der Waals surface area contributed by atoms with Crippen molar-refractivity contribution in [2.75, 3.05) is 31.8 Å². The zero-order chi connectivity index (χ0) is 12.4. The number of hydrogen-bond acceptors (Lipinski definition) is 5. The van der Waals surface area contributed by atoms with E-state index in [1.165, 1.54) is 0 Å². The smallest absolute Gasteiger partial charge is 0.0863 e. The predicted molar refractivity (Wildman–Crippen MR) is 68.9 cm³/mol. The number of thioether (sulfide) groups is 1. The molecule has 0 saturated carbocycles. The first-order chi connectivity index (χ1) is 7.60. The zero-order valence-electron chi connectivity index (χ0n) is 10.5. The molecule has 16 heavy (non-hydrogen) atoms. The fourth-order valence-corrected chi connectivity index (χ4v) is 2.12. The van der Waals surface area contributed by atoms with Crippen molar-refractivity contribution >= 4 is 11.8 Å². The van der Waals surface area contributed by atoms with Crippen LogP contribution in [-0.4, -0.2) is 55.2 Å². The van der Waals surface area contributed by atoms with Crippen LogP contribution < -0.4 is 5.73 Å². The summed E-state index contributed by atoms with van der Waals surface area (Å²) < 4.78 is 10.3. The van der Waals surface area contributed by atoms with Crippen LogP contribution >= 0.6 is 11.8 Å². The fraction of sp³-hybridized carbons (Fsp3) is 1.00. The number of hydrogen-bond donors (Lipinski definition) is 2. The molecule has 3 unspecified atom stereocenters. The van der Waals surface area contributed by atoms with E-state index in [-0.39, 0.29) is 12.1 Å². The fourth-order valence-electron chi connectivity index (χ4n) is 1.08. The molecule has 3 N–H and O–H groups in total. The topological polar surface area (TPSA) is 64.7 Å². The molecule has 0 aromatic carbocycles. The number of methoxy groups -OCH3 is 1. The van der Waals surface area contributed by atoms with Crippen LogP contribution in [0, 0.1) is 0 Å². The molecule has 3 atom stereocenters. The molecule has 0 aliphatic heterocycles. The predicted octanol–water partition coefficient (Wildman–Crippen LogP) is 0.869. The van der Waals surface area contributed by atoms with E-state index in [0.29, 0.717) is 19.0 Å². The molecule has 0 aliphatic carbocycles. The van der Waals surface area contributed by atoms with Crippen molar-refractivity contribution in [3.63, 3.8) is 0 Å².